The van der Waals surface area contributed by atoms with Crippen molar-refractivity contribution < 1.29 is 42.9 Å². The van der Waals surface area contributed by atoms with Gasteiger partial charge in [0.2, 0.25) is 23.6 Å². The molecule has 0 aliphatic heterocycles. The van der Waals surface area contributed by atoms with Gasteiger partial charge in [0, 0.05) is 44.4 Å². The van der Waals surface area contributed by atoms with Crippen LogP contribution in [0.5, 0.6) is 0 Å². The second-order valence-corrected chi connectivity index (χ2v) is 15.3. The molecule has 0 bridgehead atoms. The van der Waals surface area contributed by atoms with Gasteiger partial charge in [-0.1, -0.05) is 96.8 Å². The maximum absolute atomic E-state index is 12.3. The lowest BCUT2D eigenvalue weighted by atomic mass is 10.0. The highest BCUT2D eigenvalue weighted by molar-refractivity contribution is 5.87. The fourth-order valence-electron chi connectivity index (χ4n) is 6.29. The van der Waals surface area contributed by atoms with Crippen LogP contribution in [0.2, 0.25) is 0 Å². The van der Waals surface area contributed by atoms with Crippen molar-refractivity contribution in [1.82, 2.24) is 31.2 Å². The topological polar surface area (TPSA) is 251 Å². The molecule has 9 N–H and O–H groups in total. The third kappa shape index (κ3) is 34.3. The molecule has 0 saturated carbocycles. The number of imidazole rings is 1. The van der Waals surface area contributed by atoms with E-state index >= 15 is 0 Å². The zero-order valence-corrected chi connectivity index (χ0v) is 36.7. The van der Waals surface area contributed by atoms with E-state index in [1.165, 1.54) is 89.8 Å². The number of aromatic amines is 1. The fourth-order valence-corrected chi connectivity index (χ4v) is 6.29. The van der Waals surface area contributed by atoms with Crippen LogP contribution in [0.4, 0.5) is 0 Å². The number of carbonyl (C=O) groups excluding carboxylic acids is 5. The van der Waals surface area contributed by atoms with Crippen LogP contribution >= 0.6 is 0 Å². The summed E-state index contributed by atoms with van der Waals surface area (Å²) in [6.45, 7) is 4.86. The fraction of sp³-hybridized carbons (Fsp3) is 0.814. The molecule has 1 aromatic heterocycles. The van der Waals surface area contributed by atoms with E-state index in [9.17, 15) is 24.0 Å². The van der Waals surface area contributed by atoms with Crippen molar-refractivity contribution in [3.63, 3.8) is 0 Å². The number of carbonyl (C=O) groups is 5. The molecule has 4 amide bonds. The number of unbranched alkanes of at least 4 members (excludes halogenated alkanes) is 15. The molecule has 1 rings (SSSR count). The van der Waals surface area contributed by atoms with E-state index in [2.05, 4.69) is 38.2 Å². The first-order valence-corrected chi connectivity index (χ1v) is 22.6. The Kier molecular flexibility index (Phi) is 36.0. The Morgan fingerprint density at radius 1 is 0.633 bits per heavy atom. The number of primary amides is 1. The molecule has 0 aliphatic carbocycles. The molecule has 0 aromatic carbocycles. The average molecular weight is 853 g/mol. The smallest absolute Gasteiger partial charge is 0.246 e. The van der Waals surface area contributed by atoms with Crippen LogP contribution in [0.1, 0.15) is 135 Å². The molecule has 346 valence electrons. The highest BCUT2D eigenvalue weighted by Gasteiger charge is 2.19. The molecule has 60 heavy (non-hydrogen) atoms. The van der Waals surface area contributed by atoms with Crippen molar-refractivity contribution >= 4 is 29.4 Å². The number of nitrogens with two attached hydrogens (primary N) is 2. The first kappa shape index (κ1) is 54.5. The van der Waals surface area contributed by atoms with Crippen LogP contribution in [-0.2, 0) is 49.3 Å². The van der Waals surface area contributed by atoms with E-state index in [-0.39, 0.29) is 69.7 Å². The standard InChI is InChI=1S/C43H80N8O9/c1-2-3-4-5-6-7-8-9-10-11-12-13-14-15-16-20-40(53)48-22-24-57-26-29-60-34-42(55)49-23-25-58-27-28-59-33-41(54)47-21-18-17-19-38(43(45)56)50-32-39(52)37(44)30-36-31-46-35-51-36/h31,35,37-38,50H,2-30,32-34,44H2,1H3,(H2,45,56)(H,46,51)(H,47,54)(H,48,53)(H,49,55)/t37-,38-/m0/s1. The molecule has 0 unspecified atom stereocenters. The predicted molar refractivity (Wildman–Crippen MR) is 232 cm³/mol. The van der Waals surface area contributed by atoms with E-state index in [0.29, 0.717) is 65.0 Å². The van der Waals surface area contributed by atoms with Crippen molar-refractivity contribution in [1.29, 1.82) is 0 Å². The van der Waals surface area contributed by atoms with E-state index in [4.69, 9.17) is 30.4 Å². The predicted octanol–water partition coefficient (Wildman–Crippen LogP) is 3.14. The Morgan fingerprint density at radius 3 is 1.65 bits per heavy atom. The number of ether oxygens (including phenoxy) is 4. The highest BCUT2D eigenvalue weighted by atomic mass is 16.5. The van der Waals surface area contributed by atoms with Crippen LogP contribution in [0.3, 0.4) is 0 Å². The van der Waals surface area contributed by atoms with Gasteiger partial charge in [0.15, 0.2) is 5.78 Å². The molecule has 1 aromatic rings. The summed E-state index contributed by atoms with van der Waals surface area (Å²) >= 11 is 0. The summed E-state index contributed by atoms with van der Waals surface area (Å²) in [7, 11) is 0. The summed E-state index contributed by atoms with van der Waals surface area (Å²) in [6, 6.07) is -1.42. The van der Waals surface area contributed by atoms with Crippen LogP contribution < -0.4 is 32.7 Å². The second kappa shape index (κ2) is 39.6. The minimum atomic E-state index is -0.732. The number of aromatic nitrogens is 2. The van der Waals surface area contributed by atoms with Gasteiger partial charge in [0.05, 0.1) is 64.6 Å². The van der Waals surface area contributed by atoms with Gasteiger partial charge in [-0.05, 0) is 25.7 Å². The Balaban J connectivity index is 1.83. The summed E-state index contributed by atoms with van der Waals surface area (Å²) in [5.41, 5.74) is 12.2. The van der Waals surface area contributed by atoms with Crippen molar-refractivity contribution in [2.75, 3.05) is 79.0 Å². The lowest BCUT2D eigenvalue weighted by molar-refractivity contribution is -0.127. The first-order chi connectivity index (χ1) is 29.2. The minimum Gasteiger partial charge on any atom is -0.377 e. The van der Waals surface area contributed by atoms with Gasteiger partial charge in [-0.25, -0.2) is 4.98 Å². The minimum absolute atomic E-state index is 0.0603. The molecule has 17 nitrogen and oxygen atoms in total. The number of H-pyrrole nitrogens is 1. The van der Waals surface area contributed by atoms with Gasteiger partial charge in [-0.2, -0.15) is 0 Å². The molecular formula is C43H80N8O9. The third-order valence-electron chi connectivity index (χ3n) is 9.87. The maximum atomic E-state index is 12.3. The number of amides is 4. The SMILES string of the molecule is CCCCCCCCCCCCCCCCCC(=O)NCCOCCOCC(=O)NCCOCCOCC(=O)NCCCC[C@H](NCC(=O)[C@@H](N)Cc1cnc[nH]1)C(N)=O. The second-order valence-electron chi connectivity index (χ2n) is 15.3. The molecule has 2 atom stereocenters. The molecule has 0 radical (unpaired) electrons. The average Bonchev–Trinajstić information content (AvgIpc) is 3.75. The first-order valence-electron chi connectivity index (χ1n) is 22.6. The Bertz CT molecular complexity index is 1230. The molecule has 0 spiro atoms. The van der Waals surface area contributed by atoms with Crippen molar-refractivity contribution in [2.45, 2.75) is 147 Å². The molecule has 17 heteroatoms. The molecule has 1 heterocycles. The highest BCUT2D eigenvalue weighted by Crippen LogP contribution is 2.13. The molecule has 0 saturated heterocycles. The summed E-state index contributed by atoms with van der Waals surface area (Å²) < 4.78 is 21.5. The van der Waals surface area contributed by atoms with E-state index < -0.39 is 18.0 Å². The van der Waals surface area contributed by atoms with Crippen LogP contribution in [0, 0.1) is 0 Å². The summed E-state index contributed by atoms with van der Waals surface area (Å²) in [5.74, 6) is -1.29. The summed E-state index contributed by atoms with van der Waals surface area (Å²) in [4.78, 5) is 66.9. The number of Topliss-reactive ketones (excluding diaryl/α,β-unsaturated/α-hetero) is 1. The number of ketones is 1. The largest absolute Gasteiger partial charge is 0.377 e. The van der Waals surface area contributed by atoms with Crippen molar-refractivity contribution in [3.05, 3.63) is 18.2 Å². The van der Waals surface area contributed by atoms with Gasteiger partial charge in [0.1, 0.15) is 13.2 Å². The number of nitrogens with one attached hydrogen (secondary N) is 5. The van der Waals surface area contributed by atoms with E-state index in [0.717, 1.165) is 18.5 Å². The van der Waals surface area contributed by atoms with Crippen molar-refractivity contribution in [2.24, 2.45) is 11.5 Å². The lowest BCUT2D eigenvalue weighted by Gasteiger charge is -2.16. The van der Waals surface area contributed by atoms with Crippen LogP contribution in [-0.4, -0.2) is 130 Å². The molecule has 0 fully saturated rings. The van der Waals surface area contributed by atoms with Crippen LogP contribution in [0.25, 0.3) is 0 Å². The van der Waals surface area contributed by atoms with Gasteiger partial charge in [-0.15, -0.1) is 0 Å². The van der Waals surface area contributed by atoms with E-state index in [1.807, 2.05) is 0 Å². The Morgan fingerprint density at radius 2 is 1.13 bits per heavy atom. The maximum Gasteiger partial charge on any atom is 0.246 e. The molecular weight excluding hydrogens is 773 g/mol. The Labute approximate surface area is 359 Å². The quantitative estimate of drug-likeness (QED) is 0.0468. The van der Waals surface area contributed by atoms with Gasteiger partial charge in [0.25, 0.3) is 0 Å². The zero-order chi connectivity index (χ0) is 43.7. The van der Waals surface area contributed by atoms with Crippen LogP contribution in [0.15, 0.2) is 12.5 Å². The normalized spacial score (nSPS) is 12.2. The van der Waals surface area contributed by atoms with Gasteiger partial charge < -0.3 is 51.3 Å². The zero-order valence-electron chi connectivity index (χ0n) is 36.7. The summed E-state index contributed by atoms with van der Waals surface area (Å²) in [5, 5.41) is 11.2. The van der Waals surface area contributed by atoms with Gasteiger partial charge in [-0.3, -0.25) is 29.3 Å². The van der Waals surface area contributed by atoms with Gasteiger partial charge >= 0.3 is 0 Å². The number of hydrogen-bond acceptors (Lipinski definition) is 12. The number of hydrogen-bond donors (Lipinski definition) is 7. The monoisotopic (exact) mass is 853 g/mol. The van der Waals surface area contributed by atoms with E-state index in [1.54, 1.807) is 6.20 Å². The Hall–Kier alpha value is -3.48. The third-order valence-corrected chi connectivity index (χ3v) is 9.87. The van der Waals surface area contributed by atoms with Crippen molar-refractivity contribution in [3.8, 4) is 0 Å². The lowest BCUT2D eigenvalue weighted by Crippen LogP contribution is -2.47. The molecule has 0 aliphatic rings. The summed E-state index contributed by atoms with van der Waals surface area (Å²) in [6.07, 6.45) is 25.2. The number of nitrogens with zero attached hydrogens (tertiary/aromatic N) is 1. The number of rotatable bonds is 44.